The molecule has 27 heavy (non-hydrogen) atoms. The number of likely N-dealkylation sites (tertiary alicyclic amines) is 1. The number of hydrogen-bond donors (Lipinski definition) is 1. The molecule has 1 aliphatic carbocycles. The third kappa shape index (κ3) is 7.00. The van der Waals surface area contributed by atoms with E-state index in [1.54, 1.807) is 0 Å². The van der Waals surface area contributed by atoms with Gasteiger partial charge in [0.15, 0.2) is 0 Å². The van der Waals surface area contributed by atoms with E-state index in [9.17, 15) is 9.59 Å². The van der Waals surface area contributed by atoms with Crippen LogP contribution in [0.2, 0.25) is 0 Å². The maximum atomic E-state index is 12.9. The summed E-state index contributed by atoms with van der Waals surface area (Å²) in [4.78, 5) is 26.7. The second-order valence-electron chi connectivity index (χ2n) is 10.6. The smallest absolute Gasteiger partial charge is 0.407 e. The second kappa shape index (κ2) is 8.83. The van der Waals surface area contributed by atoms with Gasteiger partial charge in [-0.2, -0.15) is 0 Å². The minimum absolute atomic E-state index is 0.222. The first kappa shape index (κ1) is 22.0. The van der Waals surface area contributed by atoms with E-state index in [4.69, 9.17) is 4.74 Å². The Bertz CT molecular complexity index is 503. The number of amides is 2. The van der Waals surface area contributed by atoms with Crippen molar-refractivity contribution in [3.63, 3.8) is 0 Å². The predicted octanol–water partition coefficient (Wildman–Crippen LogP) is 4.60. The highest BCUT2D eigenvalue weighted by Crippen LogP contribution is 2.40. The van der Waals surface area contributed by atoms with Crippen LogP contribution >= 0.6 is 0 Å². The molecule has 0 aromatic rings. The van der Waals surface area contributed by atoms with E-state index in [0.717, 1.165) is 44.7 Å². The average molecular weight is 381 g/mol. The fourth-order valence-corrected chi connectivity index (χ4v) is 4.36. The molecular weight excluding hydrogens is 340 g/mol. The summed E-state index contributed by atoms with van der Waals surface area (Å²) in [5.74, 6) is 1.75. The standard InChI is InChI=1S/C22H40N2O3/c1-21(2,3)18-9-7-17(8-10-18)19(25)24-13-11-16(12-14-24)15-23-20(26)27-22(4,5)6/h16-18H,7-15H2,1-6H3,(H,23,26). The van der Waals surface area contributed by atoms with Gasteiger partial charge in [-0.15, -0.1) is 0 Å². The number of carbonyl (C=O) groups is 2. The molecule has 0 unspecified atom stereocenters. The highest BCUT2D eigenvalue weighted by molar-refractivity contribution is 5.79. The number of piperidine rings is 1. The van der Waals surface area contributed by atoms with Gasteiger partial charge in [0, 0.05) is 25.6 Å². The molecule has 156 valence electrons. The molecule has 0 radical (unpaired) electrons. The van der Waals surface area contributed by atoms with Crippen molar-refractivity contribution in [2.75, 3.05) is 19.6 Å². The van der Waals surface area contributed by atoms with Gasteiger partial charge in [0.05, 0.1) is 0 Å². The zero-order chi connectivity index (χ0) is 20.2. The third-order valence-corrected chi connectivity index (χ3v) is 6.16. The van der Waals surface area contributed by atoms with E-state index in [2.05, 4.69) is 31.0 Å². The van der Waals surface area contributed by atoms with Crippen LogP contribution < -0.4 is 5.32 Å². The van der Waals surface area contributed by atoms with Crippen molar-refractivity contribution in [1.29, 1.82) is 0 Å². The van der Waals surface area contributed by atoms with Crippen molar-refractivity contribution in [1.82, 2.24) is 10.2 Å². The fourth-order valence-electron chi connectivity index (χ4n) is 4.36. The van der Waals surface area contributed by atoms with Crippen molar-refractivity contribution in [3.8, 4) is 0 Å². The first-order chi connectivity index (χ1) is 12.5. The van der Waals surface area contributed by atoms with Crippen molar-refractivity contribution in [3.05, 3.63) is 0 Å². The first-order valence-corrected chi connectivity index (χ1v) is 10.7. The molecule has 2 rings (SSSR count). The lowest BCUT2D eigenvalue weighted by Crippen LogP contribution is -2.45. The Balaban J connectivity index is 1.70. The number of carbonyl (C=O) groups excluding carboxylic acids is 2. The first-order valence-electron chi connectivity index (χ1n) is 10.7. The van der Waals surface area contributed by atoms with Gasteiger partial charge in [0.1, 0.15) is 5.60 Å². The topological polar surface area (TPSA) is 58.6 Å². The summed E-state index contributed by atoms with van der Waals surface area (Å²) >= 11 is 0. The third-order valence-electron chi connectivity index (χ3n) is 6.16. The van der Waals surface area contributed by atoms with E-state index in [-0.39, 0.29) is 12.0 Å². The largest absolute Gasteiger partial charge is 0.444 e. The van der Waals surface area contributed by atoms with Crippen LogP contribution in [0.3, 0.4) is 0 Å². The van der Waals surface area contributed by atoms with E-state index in [1.807, 2.05) is 20.8 Å². The Kier molecular flexibility index (Phi) is 7.20. The molecule has 0 aromatic heterocycles. The minimum Gasteiger partial charge on any atom is -0.444 e. The Morgan fingerprint density at radius 3 is 1.96 bits per heavy atom. The van der Waals surface area contributed by atoms with Gasteiger partial charge < -0.3 is 15.0 Å². The molecule has 1 aliphatic heterocycles. The quantitative estimate of drug-likeness (QED) is 0.778. The summed E-state index contributed by atoms with van der Waals surface area (Å²) in [7, 11) is 0. The van der Waals surface area contributed by atoms with Crippen molar-refractivity contribution in [2.45, 2.75) is 85.7 Å². The van der Waals surface area contributed by atoms with E-state index >= 15 is 0 Å². The number of rotatable bonds is 3. The van der Waals surface area contributed by atoms with Gasteiger partial charge in [-0.05, 0) is 76.5 Å². The number of nitrogens with zero attached hydrogens (tertiary/aromatic N) is 1. The fraction of sp³-hybridized carbons (Fsp3) is 0.909. The molecule has 1 N–H and O–H groups in total. The summed E-state index contributed by atoms with van der Waals surface area (Å²) in [6.07, 6.45) is 6.00. The summed E-state index contributed by atoms with van der Waals surface area (Å²) in [5.41, 5.74) is -0.112. The van der Waals surface area contributed by atoms with Gasteiger partial charge in [-0.1, -0.05) is 20.8 Å². The van der Waals surface area contributed by atoms with E-state index in [1.165, 1.54) is 12.8 Å². The summed E-state index contributed by atoms with van der Waals surface area (Å²) in [6, 6.07) is 0. The number of hydrogen-bond acceptors (Lipinski definition) is 3. The molecular formula is C22H40N2O3. The summed E-state index contributed by atoms with van der Waals surface area (Å²) in [6.45, 7) is 14.8. The lowest BCUT2D eigenvalue weighted by Gasteiger charge is -2.39. The highest BCUT2D eigenvalue weighted by atomic mass is 16.6. The summed E-state index contributed by atoms with van der Waals surface area (Å²) < 4.78 is 5.29. The van der Waals surface area contributed by atoms with Crippen LogP contribution in [0.25, 0.3) is 0 Å². The van der Waals surface area contributed by atoms with Crippen LogP contribution in [-0.4, -0.2) is 42.1 Å². The lowest BCUT2D eigenvalue weighted by molar-refractivity contribution is -0.138. The van der Waals surface area contributed by atoms with Crippen LogP contribution in [0.1, 0.15) is 80.1 Å². The SMILES string of the molecule is CC(C)(C)OC(=O)NCC1CCN(C(=O)C2CCC(C(C)(C)C)CC2)CC1. The Morgan fingerprint density at radius 1 is 0.926 bits per heavy atom. The molecule has 2 aliphatic rings. The second-order valence-corrected chi connectivity index (χ2v) is 10.6. The Labute approximate surface area is 165 Å². The van der Waals surface area contributed by atoms with Gasteiger partial charge >= 0.3 is 6.09 Å². The zero-order valence-electron chi connectivity index (χ0n) is 18.3. The van der Waals surface area contributed by atoms with Gasteiger partial charge in [-0.25, -0.2) is 4.79 Å². The van der Waals surface area contributed by atoms with Crippen molar-refractivity contribution < 1.29 is 14.3 Å². The van der Waals surface area contributed by atoms with Crippen LogP contribution in [0.4, 0.5) is 4.79 Å². The Hall–Kier alpha value is -1.26. The number of ether oxygens (including phenoxy) is 1. The van der Waals surface area contributed by atoms with Crippen LogP contribution in [-0.2, 0) is 9.53 Å². The maximum Gasteiger partial charge on any atom is 0.407 e. The maximum absolute atomic E-state index is 12.9. The van der Waals surface area contributed by atoms with Crippen molar-refractivity contribution in [2.24, 2.45) is 23.2 Å². The molecule has 0 atom stereocenters. The molecule has 1 heterocycles. The predicted molar refractivity (Wildman–Crippen MR) is 108 cm³/mol. The molecule has 0 aromatic carbocycles. The lowest BCUT2D eigenvalue weighted by atomic mass is 9.69. The normalized spacial score (nSPS) is 25.2. The van der Waals surface area contributed by atoms with Crippen molar-refractivity contribution >= 4 is 12.0 Å². The molecule has 5 nitrogen and oxygen atoms in total. The molecule has 2 fully saturated rings. The van der Waals surface area contributed by atoms with E-state index < -0.39 is 5.60 Å². The molecule has 1 saturated carbocycles. The molecule has 2 amide bonds. The highest BCUT2D eigenvalue weighted by Gasteiger charge is 2.35. The molecule has 0 bridgehead atoms. The van der Waals surface area contributed by atoms with Crippen LogP contribution in [0, 0.1) is 23.2 Å². The van der Waals surface area contributed by atoms with Crippen LogP contribution in [0.15, 0.2) is 0 Å². The van der Waals surface area contributed by atoms with Gasteiger partial charge in [0.2, 0.25) is 5.91 Å². The zero-order valence-corrected chi connectivity index (χ0v) is 18.3. The number of nitrogens with one attached hydrogen (secondary N) is 1. The minimum atomic E-state index is -0.466. The summed E-state index contributed by atoms with van der Waals surface area (Å²) in [5, 5.41) is 2.87. The average Bonchev–Trinajstić information content (AvgIpc) is 2.58. The van der Waals surface area contributed by atoms with Gasteiger partial charge in [0.25, 0.3) is 0 Å². The molecule has 5 heteroatoms. The van der Waals surface area contributed by atoms with Gasteiger partial charge in [-0.3, -0.25) is 4.79 Å². The van der Waals surface area contributed by atoms with E-state index in [0.29, 0.717) is 23.8 Å². The molecule has 0 spiro atoms. The number of alkyl carbamates (subject to hydrolysis) is 1. The molecule has 1 saturated heterocycles. The van der Waals surface area contributed by atoms with Crippen LogP contribution in [0.5, 0.6) is 0 Å². The monoisotopic (exact) mass is 380 g/mol. The Morgan fingerprint density at radius 2 is 1.48 bits per heavy atom.